The number of benzene rings is 1. The molecule has 27 heavy (non-hydrogen) atoms. The Labute approximate surface area is 158 Å². The molecule has 0 aliphatic carbocycles. The summed E-state index contributed by atoms with van der Waals surface area (Å²) in [5.74, 6) is 1.55. The topological polar surface area (TPSA) is 97.3 Å². The molecule has 2 atom stereocenters. The molecule has 1 aromatic rings. The molecule has 148 valence electrons. The minimum Gasteiger partial charge on any atom is -0.491 e. The summed E-state index contributed by atoms with van der Waals surface area (Å²) in [4.78, 5) is 25.9. The number of aliphatic hydroxyl groups excluding tert-OH is 1. The van der Waals surface area contributed by atoms with E-state index in [4.69, 9.17) is 14.2 Å². The molecule has 2 unspecified atom stereocenters. The van der Waals surface area contributed by atoms with E-state index in [9.17, 15) is 14.7 Å². The summed E-state index contributed by atoms with van der Waals surface area (Å²) in [6.07, 6.45) is 1.18. The zero-order valence-electron chi connectivity index (χ0n) is 15.5. The van der Waals surface area contributed by atoms with Crippen molar-refractivity contribution in [1.82, 2.24) is 10.2 Å². The molecule has 8 nitrogen and oxygen atoms in total. The Balaban J connectivity index is 1.40. The maximum absolute atomic E-state index is 12.3. The highest BCUT2D eigenvalue weighted by Crippen LogP contribution is 2.35. The second-order valence-corrected chi connectivity index (χ2v) is 6.76. The first-order chi connectivity index (χ1) is 13.1. The standard InChI is InChI=1S/C19H26N2O6/c1-2-18(23)21-7-3-4-13(10-21)19(24)20-9-14(22)11-25-15-5-6-16-17(8-15)27-12-26-16/h5-6,8,13-14,22H,2-4,7,9-12H2,1H3,(H,20,24). The smallest absolute Gasteiger partial charge is 0.231 e. The summed E-state index contributed by atoms with van der Waals surface area (Å²) in [5, 5.41) is 12.8. The second kappa shape index (κ2) is 8.94. The largest absolute Gasteiger partial charge is 0.491 e. The highest BCUT2D eigenvalue weighted by molar-refractivity contribution is 5.81. The van der Waals surface area contributed by atoms with Crippen LogP contribution in [0.15, 0.2) is 18.2 Å². The van der Waals surface area contributed by atoms with E-state index in [0.29, 0.717) is 36.8 Å². The predicted octanol–water partition coefficient (Wildman–Crippen LogP) is 0.920. The summed E-state index contributed by atoms with van der Waals surface area (Å²) in [5.41, 5.74) is 0. The third-order valence-corrected chi connectivity index (χ3v) is 4.75. The third kappa shape index (κ3) is 5.03. The van der Waals surface area contributed by atoms with Gasteiger partial charge in [-0.25, -0.2) is 0 Å². The van der Waals surface area contributed by atoms with Crippen LogP contribution in [0.25, 0.3) is 0 Å². The number of nitrogens with one attached hydrogen (secondary N) is 1. The lowest BCUT2D eigenvalue weighted by atomic mass is 9.97. The Morgan fingerprint density at radius 2 is 2.19 bits per heavy atom. The average Bonchev–Trinajstić information content (AvgIpc) is 3.17. The Morgan fingerprint density at radius 3 is 3.00 bits per heavy atom. The van der Waals surface area contributed by atoms with Crippen molar-refractivity contribution in [1.29, 1.82) is 0 Å². The van der Waals surface area contributed by atoms with Crippen LogP contribution in [-0.2, 0) is 9.59 Å². The lowest BCUT2D eigenvalue weighted by molar-refractivity contribution is -0.135. The summed E-state index contributed by atoms with van der Waals surface area (Å²) in [6, 6.07) is 5.19. The quantitative estimate of drug-likeness (QED) is 0.732. The molecule has 2 amide bonds. The number of fused-ring (bicyclic) bond motifs is 1. The molecule has 0 radical (unpaired) electrons. The van der Waals surface area contributed by atoms with Crippen LogP contribution in [-0.4, -0.2) is 61.0 Å². The molecule has 1 aromatic carbocycles. The van der Waals surface area contributed by atoms with E-state index >= 15 is 0 Å². The Morgan fingerprint density at radius 1 is 1.37 bits per heavy atom. The third-order valence-electron chi connectivity index (χ3n) is 4.75. The second-order valence-electron chi connectivity index (χ2n) is 6.76. The number of hydrogen-bond donors (Lipinski definition) is 2. The van der Waals surface area contributed by atoms with Gasteiger partial charge in [0, 0.05) is 32.1 Å². The van der Waals surface area contributed by atoms with Gasteiger partial charge in [0.2, 0.25) is 18.6 Å². The highest BCUT2D eigenvalue weighted by Gasteiger charge is 2.27. The number of carbonyl (C=O) groups excluding carboxylic acids is 2. The lowest BCUT2D eigenvalue weighted by Gasteiger charge is -2.32. The molecule has 3 rings (SSSR count). The van der Waals surface area contributed by atoms with Crippen molar-refractivity contribution in [3.8, 4) is 17.2 Å². The van der Waals surface area contributed by atoms with Crippen LogP contribution in [0.2, 0.25) is 0 Å². The zero-order chi connectivity index (χ0) is 19.2. The fourth-order valence-electron chi connectivity index (χ4n) is 3.22. The van der Waals surface area contributed by atoms with Crippen molar-refractivity contribution < 1.29 is 28.9 Å². The van der Waals surface area contributed by atoms with E-state index in [1.807, 2.05) is 6.92 Å². The number of ether oxygens (including phenoxy) is 3. The highest BCUT2D eigenvalue weighted by atomic mass is 16.7. The summed E-state index contributed by atoms with van der Waals surface area (Å²) >= 11 is 0. The predicted molar refractivity (Wildman–Crippen MR) is 96.7 cm³/mol. The van der Waals surface area contributed by atoms with E-state index in [0.717, 1.165) is 12.8 Å². The molecule has 8 heteroatoms. The van der Waals surface area contributed by atoms with Crippen molar-refractivity contribution in [3.05, 3.63) is 18.2 Å². The molecule has 1 fully saturated rings. The van der Waals surface area contributed by atoms with Crippen LogP contribution in [0, 0.1) is 5.92 Å². The van der Waals surface area contributed by atoms with Crippen LogP contribution in [0.4, 0.5) is 0 Å². The molecule has 2 aliphatic heterocycles. The number of amides is 2. The van der Waals surface area contributed by atoms with Gasteiger partial charge < -0.3 is 29.5 Å². The molecule has 0 spiro atoms. The fraction of sp³-hybridized carbons (Fsp3) is 0.579. The van der Waals surface area contributed by atoms with Crippen molar-refractivity contribution in [2.45, 2.75) is 32.3 Å². The van der Waals surface area contributed by atoms with E-state index < -0.39 is 6.10 Å². The van der Waals surface area contributed by atoms with Crippen molar-refractivity contribution in [3.63, 3.8) is 0 Å². The minimum absolute atomic E-state index is 0.0467. The van der Waals surface area contributed by atoms with Gasteiger partial charge in [0.05, 0.1) is 5.92 Å². The number of hydrogen-bond acceptors (Lipinski definition) is 6. The maximum atomic E-state index is 12.3. The van der Waals surface area contributed by atoms with Gasteiger partial charge in [0.15, 0.2) is 11.5 Å². The number of nitrogens with zero attached hydrogens (tertiary/aromatic N) is 1. The van der Waals surface area contributed by atoms with Gasteiger partial charge in [-0.05, 0) is 25.0 Å². The molecule has 0 aromatic heterocycles. The normalized spacial score (nSPS) is 19.5. The fourth-order valence-corrected chi connectivity index (χ4v) is 3.22. The van der Waals surface area contributed by atoms with E-state index in [1.54, 1.807) is 23.1 Å². The summed E-state index contributed by atoms with van der Waals surface area (Å²) in [6.45, 7) is 3.32. The first-order valence-corrected chi connectivity index (χ1v) is 9.32. The Hall–Kier alpha value is -2.48. The minimum atomic E-state index is -0.837. The van der Waals surface area contributed by atoms with E-state index in [1.165, 1.54) is 0 Å². The van der Waals surface area contributed by atoms with Crippen LogP contribution in [0.1, 0.15) is 26.2 Å². The molecular formula is C19H26N2O6. The average molecular weight is 378 g/mol. The van der Waals surface area contributed by atoms with Crippen molar-refractivity contribution in [2.24, 2.45) is 5.92 Å². The number of carbonyl (C=O) groups is 2. The first-order valence-electron chi connectivity index (χ1n) is 9.32. The zero-order valence-corrected chi connectivity index (χ0v) is 15.5. The maximum Gasteiger partial charge on any atom is 0.231 e. The first kappa shape index (κ1) is 19.3. The van der Waals surface area contributed by atoms with E-state index in [2.05, 4.69) is 5.32 Å². The molecule has 2 heterocycles. The number of likely N-dealkylation sites (tertiary alicyclic amines) is 1. The van der Waals surface area contributed by atoms with Gasteiger partial charge in [-0.15, -0.1) is 0 Å². The van der Waals surface area contributed by atoms with Crippen LogP contribution in [0.3, 0.4) is 0 Å². The number of piperidine rings is 1. The van der Waals surface area contributed by atoms with Crippen molar-refractivity contribution >= 4 is 11.8 Å². The Kier molecular flexibility index (Phi) is 6.39. The molecule has 0 bridgehead atoms. The molecular weight excluding hydrogens is 352 g/mol. The Bertz CT molecular complexity index is 680. The number of aliphatic hydroxyl groups is 1. The molecule has 1 saturated heterocycles. The monoisotopic (exact) mass is 378 g/mol. The van der Waals surface area contributed by atoms with Gasteiger partial charge >= 0.3 is 0 Å². The van der Waals surface area contributed by atoms with E-state index in [-0.39, 0.29) is 37.7 Å². The SMILES string of the molecule is CCC(=O)N1CCCC(C(=O)NCC(O)COc2ccc3c(c2)OCO3)C1. The van der Waals surface area contributed by atoms with Crippen LogP contribution >= 0.6 is 0 Å². The lowest BCUT2D eigenvalue weighted by Crippen LogP contribution is -2.46. The molecule has 0 saturated carbocycles. The van der Waals surface area contributed by atoms with Gasteiger partial charge in [0.25, 0.3) is 0 Å². The number of rotatable bonds is 7. The van der Waals surface area contributed by atoms with Gasteiger partial charge in [-0.3, -0.25) is 9.59 Å². The molecule has 2 aliphatic rings. The van der Waals surface area contributed by atoms with Gasteiger partial charge in [-0.1, -0.05) is 6.92 Å². The van der Waals surface area contributed by atoms with Gasteiger partial charge in [-0.2, -0.15) is 0 Å². The summed E-state index contributed by atoms with van der Waals surface area (Å²) < 4.78 is 16.1. The van der Waals surface area contributed by atoms with Crippen molar-refractivity contribution in [2.75, 3.05) is 33.0 Å². The van der Waals surface area contributed by atoms with Crippen LogP contribution < -0.4 is 19.5 Å². The van der Waals surface area contributed by atoms with Crippen LogP contribution in [0.5, 0.6) is 17.2 Å². The summed E-state index contributed by atoms with van der Waals surface area (Å²) in [7, 11) is 0. The molecule has 2 N–H and O–H groups in total. The van der Waals surface area contributed by atoms with Gasteiger partial charge in [0.1, 0.15) is 18.5 Å².